The van der Waals surface area contributed by atoms with Crippen molar-refractivity contribution in [2.24, 2.45) is 4.99 Å². The van der Waals surface area contributed by atoms with Crippen LogP contribution in [0.15, 0.2) is 22.3 Å². The summed E-state index contributed by atoms with van der Waals surface area (Å²) in [4.78, 5) is 5.10. The fraction of sp³-hybridized carbons (Fsp3) is 0.333. The van der Waals surface area contributed by atoms with Gasteiger partial charge in [-0.15, -0.1) is 6.42 Å². The molecule has 4 nitrogen and oxygen atoms in total. The SMILES string of the molecule is C#CCNc1cc(/N=c2\snc3n2CC(C)(C)S3)c(F)cc1Cl. The van der Waals surface area contributed by atoms with Crippen LogP contribution in [0.3, 0.4) is 0 Å². The third-order valence-electron chi connectivity index (χ3n) is 3.21. The first kappa shape index (κ1) is 16.4. The maximum absolute atomic E-state index is 14.2. The minimum absolute atomic E-state index is 0.0681. The molecule has 1 aliphatic heterocycles. The maximum Gasteiger partial charge on any atom is 0.210 e. The van der Waals surface area contributed by atoms with Crippen molar-refractivity contribution < 1.29 is 4.39 Å². The summed E-state index contributed by atoms with van der Waals surface area (Å²) in [5.41, 5.74) is 0.771. The van der Waals surface area contributed by atoms with E-state index in [1.807, 2.05) is 4.57 Å². The number of anilines is 1. The van der Waals surface area contributed by atoms with Gasteiger partial charge in [0.25, 0.3) is 0 Å². The highest BCUT2D eigenvalue weighted by atomic mass is 35.5. The van der Waals surface area contributed by atoms with E-state index in [1.165, 1.54) is 17.6 Å². The Morgan fingerprint density at radius 2 is 2.35 bits per heavy atom. The van der Waals surface area contributed by atoms with Crippen molar-refractivity contribution in [1.82, 2.24) is 8.94 Å². The van der Waals surface area contributed by atoms with Crippen LogP contribution in [0, 0.1) is 18.2 Å². The molecule has 0 aliphatic carbocycles. The number of rotatable bonds is 3. The molecule has 1 aliphatic rings. The van der Waals surface area contributed by atoms with Crippen molar-refractivity contribution in [3.8, 4) is 12.3 Å². The highest BCUT2D eigenvalue weighted by Gasteiger charge is 2.31. The fourth-order valence-electron chi connectivity index (χ4n) is 2.22. The Balaban J connectivity index is 2.03. The Morgan fingerprint density at radius 3 is 3.09 bits per heavy atom. The van der Waals surface area contributed by atoms with E-state index < -0.39 is 5.82 Å². The summed E-state index contributed by atoms with van der Waals surface area (Å²) in [5, 5.41) is 4.15. The van der Waals surface area contributed by atoms with Crippen LogP contribution in [0.2, 0.25) is 5.02 Å². The van der Waals surface area contributed by atoms with Crippen molar-refractivity contribution in [2.75, 3.05) is 11.9 Å². The van der Waals surface area contributed by atoms with Crippen molar-refractivity contribution in [1.29, 1.82) is 0 Å². The van der Waals surface area contributed by atoms with Crippen LogP contribution in [0.4, 0.5) is 15.8 Å². The average molecular weight is 369 g/mol. The van der Waals surface area contributed by atoms with Gasteiger partial charge >= 0.3 is 0 Å². The van der Waals surface area contributed by atoms with Gasteiger partial charge in [-0.05, 0) is 26.0 Å². The monoisotopic (exact) mass is 368 g/mol. The normalized spacial score (nSPS) is 16.2. The molecule has 0 amide bonds. The lowest BCUT2D eigenvalue weighted by molar-refractivity contribution is 0.554. The van der Waals surface area contributed by atoms with Crippen LogP contribution in [0.5, 0.6) is 0 Å². The third kappa shape index (κ3) is 3.39. The zero-order valence-corrected chi connectivity index (χ0v) is 14.9. The van der Waals surface area contributed by atoms with Gasteiger partial charge in [-0.2, -0.15) is 4.37 Å². The van der Waals surface area contributed by atoms with E-state index in [1.54, 1.807) is 17.8 Å². The first-order valence-electron chi connectivity index (χ1n) is 6.86. The van der Waals surface area contributed by atoms with Crippen LogP contribution in [0.25, 0.3) is 0 Å². The predicted octanol–water partition coefficient (Wildman–Crippen LogP) is 3.90. The molecule has 2 heterocycles. The van der Waals surface area contributed by atoms with Crippen molar-refractivity contribution in [3.05, 3.63) is 27.8 Å². The van der Waals surface area contributed by atoms with Gasteiger partial charge in [0.1, 0.15) is 5.69 Å². The molecule has 23 heavy (non-hydrogen) atoms. The summed E-state index contributed by atoms with van der Waals surface area (Å²) >= 11 is 8.98. The summed E-state index contributed by atoms with van der Waals surface area (Å²) in [5.74, 6) is 1.98. The molecule has 0 fully saturated rings. The van der Waals surface area contributed by atoms with Crippen LogP contribution in [-0.4, -0.2) is 20.2 Å². The molecule has 0 saturated carbocycles. The maximum atomic E-state index is 14.2. The number of terminal acetylenes is 1. The van der Waals surface area contributed by atoms with E-state index in [9.17, 15) is 4.39 Å². The molecule has 0 bridgehead atoms. The van der Waals surface area contributed by atoms with E-state index in [0.717, 1.165) is 11.7 Å². The van der Waals surface area contributed by atoms with E-state index in [0.29, 0.717) is 17.0 Å². The first-order chi connectivity index (χ1) is 10.9. The second-order valence-corrected chi connectivity index (χ2v) is 8.46. The lowest BCUT2D eigenvalue weighted by Gasteiger charge is -2.13. The molecule has 8 heteroatoms. The standard InChI is InChI=1S/C15H14ClFN4S2/c1-4-5-18-11-7-12(10(17)6-9(11)16)19-13-21-8-15(2,3)22-14(21)20-23-13/h1,6-7,18H,5,8H2,2-3H3/b19-13-. The number of halogens is 2. The largest absolute Gasteiger partial charge is 0.373 e. The number of nitrogens with zero attached hydrogens (tertiary/aromatic N) is 3. The number of fused-ring (bicyclic) bond motifs is 1. The van der Waals surface area contributed by atoms with Crippen LogP contribution >= 0.6 is 34.9 Å². The summed E-state index contributed by atoms with van der Waals surface area (Å²) < 4.78 is 20.6. The van der Waals surface area contributed by atoms with E-state index in [2.05, 4.69) is 34.5 Å². The summed E-state index contributed by atoms with van der Waals surface area (Å²) in [7, 11) is 0. The molecule has 0 spiro atoms. The Morgan fingerprint density at radius 1 is 1.57 bits per heavy atom. The second kappa shape index (κ2) is 6.19. The van der Waals surface area contributed by atoms with Gasteiger partial charge in [-0.1, -0.05) is 29.3 Å². The zero-order valence-electron chi connectivity index (χ0n) is 12.6. The first-order valence-corrected chi connectivity index (χ1v) is 8.83. The quantitative estimate of drug-likeness (QED) is 0.835. The minimum atomic E-state index is -0.478. The zero-order chi connectivity index (χ0) is 16.6. The Hall–Kier alpha value is -1.49. The van der Waals surface area contributed by atoms with Crippen LogP contribution < -0.4 is 10.1 Å². The van der Waals surface area contributed by atoms with Gasteiger partial charge in [-0.3, -0.25) is 4.57 Å². The molecular formula is C15H14ClFN4S2. The Bertz CT molecular complexity index is 863. The minimum Gasteiger partial charge on any atom is -0.373 e. The van der Waals surface area contributed by atoms with Gasteiger partial charge in [0.05, 0.1) is 17.3 Å². The van der Waals surface area contributed by atoms with Gasteiger partial charge in [0.15, 0.2) is 11.0 Å². The molecule has 1 aromatic carbocycles. The number of hydrogen-bond acceptors (Lipinski definition) is 5. The molecule has 0 radical (unpaired) electrons. The third-order valence-corrected chi connectivity index (χ3v) is 5.55. The van der Waals surface area contributed by atoms with Crippen molar-refractivity contribution >= 4 is 46.3 Å². The van der Waals surface area contributed by atoms with Gasteiger partial charge in [0.2, 0.25) is 4.80 Å². The van der Waals surface area contributed by atoms with Gasteiger partial charge in [0, 0.05) is 22.8 Å². The number of benzene rings is 1. The smallest absolute Gasteiger partial charge is 0.210 e. The highest BCUT2D eigenvalue weighted by Crippen LogP contribution is 2.38. The number of aromatic nitrogens is 2. The van der Waals surface area contributed by atoms with Crippen LogP contribution in [-0.2, 0) is 6.54 Å². The molecule has 0 atom stereocenters. The number of thioether (sulfide) groups is 1. The molecule has 3 rings (SSSR count). The summed E-state index contributed by atoms with van der Waals surface area (Å²) in [6.07, 6.45) is 5.23. The molecule has 120 valence electrons. The Kier molecular flexibility index (Phi) is 4.41. The van der Waals surface area contributed by atoms with Crippen molar-refractivity contribution in [2.45, 2.75) is 30.3 Å². The van der Waals surface area contributed by atoms with Crippen molar-refractivity contribution in [3.63, 3.8) is 0 Å². The molecule has 2 aromatic rings. The Labute approximate surface area is 147 Å². The lowest BCUT2D eigenvalue weighted by atomic mass is 10.2. The van der Waals surface area contributed by atoms with E-state index in [4.69, 9.17) is 18.0 Å². The number of hydrogen-bond donors (Lipinski definition) is 1. The fourth-order valence-corrected chi connectivity index (χ4v) is 4.35. The average Bonchev–Trinajstić information content (AvgIpc) is 2.96. The number of nitrogens with one attached hydrogen (secondary N) is 1. The highest BCUT2D eigenvalue weighted by molar-refractivity contribution is 8.00. The van der Waals surface area contributed by atoms with Gasteiger partial charge < -0.3 is 5.32 Å². The second-order valence-electron chi connectivity index (χ2n) is 5.65. The molecule has 0 unspecified atom stereocenters. The molecular weight excluding hydrogens is 355 g/mol. The summed E-state index contributed by atoms with van der Waals surface area (Å²) in [6.45, 7) is 5.39. The molecule has 1 aromatic heterocycles. The molecule has 1 N–H and O–H groups in total. The topological polar surface area (TPSA) is 42.2 Å². The summed E-state index contributed by atoms with van der Waals surface area (Å²) in [6, 6.07) is 2.80. The predicted molar refractivity (Wildman–Crippen MR) is 94.0 cm³/mol. The van der Waals surface area contributed by atoms with E-state index >= 15 is 0 Å². The van der Waals surface area contributed by atoms with Crippen LogP contribution in [0.1, 0.15) is 13.8 Å². The molecule has 0 saturated heterocycles. The lowest BCUT2D eigenvalue weighted by Crippen LogP contribution is -2.21. The van der Waals surface area contributed by atoms with E-state index in [-0.39, 0.29) is 15.5 Å². The van der Waals surface area contributed by atoms with Gasteiger partial charge in [-0.25, -0.2) is 9.38 Å².